The Morgan fingerprint density at radius 3 is 3.00 bits per heavy atom. The number of hydrogen-bond donors (Lipinski definition) is 1. The second-order valence-corrected chi connectivity index (χ2v) is 2.79. The molecule has 1 rings (SSSR count). The molecule has 0 aliphatic rings. The van der Waals surface area contributed by atoms with Gasteiger partial charge in [0.25, 0.3) is 0 Å². The van der Waals surface area contributed by atoms with E-state index in [9.17, 15) is 0 Å². The Labute approximate surface area is 72.6 Å². The molecule has 0 aromatic carbocycles. The largest absolute Gasteiger partial charge is 0.383 e. The zero-order valence-electron chi connectivity index (χ0n) is 7.45. The average Bonchev–Trinajstić information content (AvgIpc) is 2.05. The Kier molecular flexibility index (Phi) is 3.19. The summed E-state index contributed by atoms with van der Waals surface area (Å²) in [5.41, 5.74) is 8.06. The molecule has 0 amide bonds. The molecular formula is C9H14N2O. The van der Waals surface area contributed by atoms with E-state index in [-0.39, 0.29) is 6.04 Å². The van der Waals surface area contributed by atoms with Crippen molar-refractivity contribution in [3.05, 3.63) is 29.6 Å². The number of nitrogens with two attached hydrogens (primary N) is 1. The van der Waals surface area contributed by atoms with E-state index in [2.05, 4.69) is 4.98 Å². The van der Waals surface area contributed by atoms with Gasteiger partial charge in [-0.3, -0.25) is 4.98 Å². The molecule has 3 nitrogen and oxygen atoms in total. The Bertz CT molecular complexity index is 250. The third-order valence-corrected chi connectivity index (χ3v) is 1.83. The molecule has 0 radical (unpaired) electrons. The van der Waals surface area contributed by atoms with Gasteiger partial charge in [-0.1, -0.05) is 0 Å². The lowest BCUT2D eigenvalue weighted by atomic mass is 10.1. The van der Waals surface area contributed by atoms with Gasteiger partial charge in [-0.2, -0.15) is 0 Å². The minimum absolute atomic E-state index is 0.0660. The summed E-state index contributed by atoms with van der Waals surface area (Å²) in [6, 6.07) is 1.88. The third kappa shape index (κ3) is 2.03. The van der Waals surface area contributed by atoms with Crippen molar-refractivity contribution in [1.29, 1.82) is 0 Å². The van der Waals surface area contributed by atoms with Crippen LogP contribution in [0.5, 0.6) is 0 Å². The van der Waals surface area contributed by atoms with Crippen molar-refractivity contribution in [2.45, 2.75) is 13.0 Å². The standard InChI is InChI=1S/C9H14N2O/c1-7-3-4-11-5-8(7)9(10)6-12-2/h3-5,9H,6,10H2,1-2H3/t9-/m1/s1. The van der Waals surface area contributed by atoms with Gasteiger partial charge in [-0.25, -0.2) is 0 Å². The van der Waals surface area contributed by atoms with Crippen LogP contribution >= 0.6 is 0 Å². The molecule has 0 aliphatic carbocycles. The van der Waals surface area contributed by atoms with Crippen LogP contribution in [-0.2, 0) is 4.74 Å². The first-order valence-corrected chi connectivity index (χ1v) is 3.90. The molecule has 12 heavy (non-hydrogen) atoms. The number of aromatic nitrogens is 1. The molecule has 0 unspecified atom stereocenters. The third-order valence-electron chi connectivity index (χ3n) is 1.83. The molecule has 66 valence electrons. The van der Waals surface area contributed by atoms with Crippen molar-refractivity contribution in [1.82, 2.24) is 4.98 Å². The molecule has 1 aromatic heterocycles. The Morgan fingerprint density at radius 1 is 1.67 bits per heavy atom. The van der Waals surface area contributed by atoms with E-state index in [4.69, 9.17) is 10.5 Å². The summed E-state index contributed by atoms with van der Waals surface area (Å²) < 4.78 is 4.96. The van der Waals surface area contributed by atoms with E-state index in [1.807, 2.05) is 13.0 Å². The van der Waals surface area contributed by atoms with E-state index in [1.54, 1.807) is 19.5 Å². The molecule has 0 spiro atoms. The first-order chi connectivity index (χ1) is 5.75. The van der Waals surface area contributed by atoms with Gasteiger partial charge in [0.2, 0.25) is 0 Å². The topological polar surface area (TPSA) is 48.1 Å². The summed E-state index contributed by atoms with van der Waals surface area (Å²) in [6.45, 7) is 2.55. The number of aryl methyl sites for hydroxylation is 1. The predicted molar refractivity (Wildman–Crippen MR) is 47.8 cm³/mol. The lowest BCUT2D eigenvalue weighted by Gasteiger charge is -2.12. The molecule has 0 bridgehead atoms. The van der Waals surface area contributed by atoms with Gasteiger partial charge in [0, 0.05) is 19.5 Å². The van der Waals surface area contributed by atoms with Crippen LogP contribution in [-0.4, -0.2) is 18.7 Å². The van der Waals surface area contributed by atoms with Gasteiger partial charge in [-0.05, 0) is 24.1 Å². The van der Waals surface area contributed by atoms with Crippen LogP contribution in [0.1, 0.15) is 17.2 Å². The maximum atomic E-state index is 5.84. The molecular weight excluding hydrogens is 152 g/mol. The molecule has 1 aromatic rings. The van der Waals surface area contributed by atoms with Crippen molar-refractivity contribution >= 4 is 0 Å². The lowest BCUT2D eigenvalue weighted by molar-refractivity contribution is 0.180. The Morgan fingerprint density at radius 2 is 2.42 bits per heavy atom. The second kappa shape index (κ2) is 4.18. The highest BCUT2D eigenvalue weighted by atomic mass is 16.5. The number of hydrogen-bond acceptors (Lipinski definition) is 3. The first kappa shape index (κ1) is 9.16. The molecule has 0 saturated carbocycles. The fourth-order valence-electron chi connectivity index (χ4n) is 1.13. The minimum Gasteiger partial charge on any atom is -0.383 e. The van der Waals surface area contributed by atoms with Crippen molar-refractivity contribution in [3.8, 4) is 0 Å². The number of methoxy groups -OCH3 is 1. The van der Waals surface area contributed by atoms with Gasteiger partial charge in [0.15, 0.2) is 0 Å². The Balaban J connectivity index is 2.79. The van der Waals surface area contributed by atoms with Crippen LogP contribution in [0.15, 0.2) is 18.5 Å². The number of pyridine rings is 1. The van der Waals surface area contributed by atoms with E-state index in [1.165, 1.54) is 0 Å². The van der Waals surface area contributed by atoms with Crippen LogP contribution in [0.4, 0.5) is 0 Å². The monoisotopic (exact) mass is 166 g/mol. The molecule has 0 aliphatic heterocycles. The fraction of sp³-hybridized carbons (Fsp3) is 0.444. The van der Waals surface area contributed by atoms with Gasteiger partial charge in [0.1, 0.15) is 0 Å². The minimum atomic E-state index is -0.0660. The summed E-state index contributed by atoms with van der Waals surface area (Å²) in [4.78, 5) is 4.01. The normalized spacial score (nSPS) is 12.9. The van der Waals surface area contributed by atoms with E-state index in [0.717, 1.165) is 11.1 Å². The molecule has 3 heteroatoms. The molecule has 1 heterocycles. The van der Waals surface area contributed by atoms with Gasteiger partial charge >= 0.3 is 0 Å². The van der Waals surface area contributed by atoms with Crippen molar-refractivity contribution in [2.24, 2.45) is 5.73 Å². The van der Waals surface area contributed by atoms with Crippen LogP contribution in [0.2, 0.25) is 0 Å². The summed E-state index contributed by atoms with van der Waals surface area (Å²) in [5, 5.41) is 0. The number of ether oxygens (including phenoxy) is 1. The molecule has 2 N–H and O–H groups in total. The lowest BCUT2D eigenvalue weighted by Crippen LogP contribution is -2.17. The second-order valence-electron chi connectivity index (χ2n) is 2.79. The summed E-state index contributed by atoms with van der Waals surface area (Å²) in [6.07, 6.45) is 3.55. The maximum Gasteiger partial charge on any atom is 0.0656 e. The van der Waals surface area contributed by atoms with Gasteiger partial charge in [-0.15, -0.1) is 0 Å². The molecule has 0 fully saturated rings. The first-order valence-electron chi connectivity index (χ1n) is 3.90. The van der Waals surface area contributed by atoms with E-state index < -0.39 is 0 Å². The summed E-state index contributed by atoms with van der Waals surface area (Å²) >= 11 is 0. The molecule has 0 saturated heterocycles. The van der Waals surface area contributed by atoms with E-state index in [0.29, 0.717) is 6.61 Å². The highest BCUT2D eigenvalue weighted by Crippen LogP contribution is 2.13. The zero-order chi connectivity index (χ0) is 8.97. The van der Waals surface area contributed by atoms with Crippen LogP contribution in [0.3, 0.4) is 0 Å². The highest BCUT2D eigenvalue weighted by Gasteiger charge is 2.07. The highest BCUT2D eigenvalue weighted by molar-refractivity contribution is 5.24. The van der Waals surface area contributed by atoms with Crippen LogP contribution in [0, 0.1) is 6.92 Å². The number of nitrogens with zero attached hydrogens (tertiary/aromatic N) is 1. The summed E-state index contributed by atoms with van der Waals surface area (Å²) in [7, 11) is 1.64. The maximum absolute atomic E-state index is 5.84. The molecule has 1 atom stereocenters. The van der Waals surface area contributed by atoms with Crippen molar-refractivity contribution in [3.63, 3.8) is 0 Å². The van der Waals surface area contributed by atoms with E-state index >= 15 is 0 Å². The quantitative estimate of drug-likeness (QED) is 0.729. The van der Waals surface area contributed by atoms with Crippen molar-refractivity contribution < 1.29 is 4.74 Å². The van der Waals surface area contributed by atoms with Crippen molar-refractivity contribution in [2.75, 3.05) is 13.7 Å². The number of rotatable bonds is 3. The fourth-order valence-corrected chi connectivity index (χ4v) is 1.13. The van der Waals surface area contributed by atoms with Crippen LogP contribution < -0.4 is 5.73 Å². The summed E-state index contributed by atoms with van der Waals surface area (Å²) in [5.74, 6) is 0. The Hall–Kier alpha value is -0.930. The predicted octanol–water partition coefficient (Wildman–Crippen LogP) is 1.04. The van der Waals surface area contributed by atoms with Gasteiger partial charge in [0.05, 0.1) is 12.6 Å². The SMILES string of the molecule is COC[C@@H](N)c1cnccc1C. The van der Waals surface area contributed by atoms with Crippen LogP contribution in [0.25, 0.3) is 0 Å². The average molecular weight is 166 g/mol. The zero-order valence-corrected chi connectivity index (χ0v) is 7.45. The van der Waals surface area contributed by atoms with Gasteiger partial charge < -0.3 is 10.5 Å². The smallest absolute Gasteiger partial charge is 0.0656 e.